The van der Waals surface area contributed by atoms with Crippen molar-refractivity contribution in [2.45, 2.75) is 0 Å². The molecule has 0 spiro atoms. The van der Waals surface area contributed by atoms with Gasteiger partial charge in [0.2, 0.25) is 0 Å². The third-order valence-electron chi connectivity index (χ3n) is 0.790. The summed E-state index contributed by atoms with van der Waals surface area (Å²) in [6.45, 7) is 0.538. The lowest BCUT2D eigenvalue weighted by molar-refractivity contribution is -0.749. The number of alkyl carbamates (subject to hydrolysis) is 1. The van der Waals surface area contributed by atoms with Gasteiger partial charge in [0.15, 0.2) is 0 Å². The molecule has 0 bridgehead atoms. The fraction of sp³-hybridized carbons (Fsp3) is 0.667. The maximum Gasteiger partial charge on any atom is 0.514 e. The SMILES string of the molecule is O=C1OCC[NH+]1[O-]. The molecule has 1 N–H and O–H groups in total. The normalized spacial score (nSPS) is 30.4. The summed E-state index contributed by atoms with van der Waals surface area (Å²) >= 11 is 0. The zero-order valence-corrected chi connectivity index (χ0v) is 3.64. The Morgan fingerprint density at radius 1 is 1.86 bits per heavy atom. The van der Waals surface area contributed by atoms with Crippen molar-refractivity contribution in [1.82, 2.24) is 0 Å². The second kappa shape index (κ2) is 1.48. The molecule has 0 aromatic rings. The van der Waals surface area contributed by atoms with E-state index in [0.29, 0.717) is 0 Å². The van der Waals surface area contributed by atoms with Crippen LogP contribution in [0.1, 0.15) is 0 Å². The van der Waals surface area contributed by atoms with Crippen molar-refractivity contribution in [1.29, 1.82) is 0 Å². The first-order valence-corrected chi connectivity index (χ1v) is 2.00. The predicted octanol–water partition coefficient (Wildman–Crippen LogP) is -1.48. The van der Waals surface area contributed by atoms with Gasteiger partial charge in [0.25, 0.3) is 0 Å². The van der Waals surface area contributed by atoms with Gasteiger partial charge < -0.3 is 9.94 Å². The fourth-order valence-electron chi connectivity index (χ4n) is 0.419. The molecule has 1 saturated heterocycles. The molecule has 1 rings (SSSR count). The van der Waals surface area contributed by atoms with Gasteiger partial charge in [-0.2, -0.15) is 4.79 Å². The Bertz CT molecular complexity index is 92.2. The summed E-state index contributed by atoms with van der Waals surface area (Å²) in [5, 5.41) is 9.70. The van der Waals surface area contributed by atoms with Crippen LogP contribution in [0.4, 0.5) is 4.79 Å². The number of hydrogen-bond acceptors (Lipinski definition) is 3. The Morgan fingerprint density at radius 3 is 2.71 bits per heavy atom. The third-order valence-corrected chi connectivity index (χ3v) is 0.790. The minimum atomic E-state index is -0.681. The van der Waals surface area contributed by atoms with Crippen molar-refractivity contribution in [3.05, 3.63) is 5.21 Å². The zero-order valence-electron chi connectivity index (χ0n) is 3.64. The molecule has 0 aromatic carbocycles. The number of hydroxylamine groups is 2. The van der Waals surface area contributed by atoms with E-state index >= 15 is 0 Å². The first kappa shape index (κ1) is 4.55. The van der Waals surface area contributed by atoms with Crippen molar-refractivity contribution in [3.63, 3.8) is 0 Å². The van der Waals surface area contributed by atoms with Crippen LogP contribution in [0.2, 0.25) is 0 Å². The van der Waals surface area contributed by atoms with E-state index in [4.69, 9.17) is 0 Å². The number of carbonyl (C=O) groups is 1. The summed E-state index contributed by atoms with van der Waals surface area (Å²) in [4.78, 5) is 10.0. The quantitative estimate of drug-likeness (QED) is 0.380. The summed E-state index contributed by atoms with van der Waals surface area (Å²) in [5.41, 5.74) is 0. The zero-order chi connectivity index (χ0) is 5.28. The molecule has 1 amide bonds. The number of ether oxygens (including phenoxy) is 1. The van der Waals surface area contributed by atoms with Gasteiger partial charge in [-0.25, -0.2) is 0 Å². The van der Waals surface area contributed by atoms with E-state index < -0.39 is 11.2 Å². The second-order valence-electron chi connectivity index (χ2n) is 1.31. The maximum atomic E-state index is 10.1. The molecule has 0 aromatic heterocycles. The lowest BCUT2D eigenvalue weighted by Crippen LogP contribution is -3.07. The third kappa shape index (κ3) is 0.703. The Labute approximate surface area is 40.2 Å². The average molecular weight is 103 g/mol. The molecule has 1 atom stereocenters. The largest absolute Gasteiger partial charge is 0.624 e. The summed E-state index contributed by atoms with van der Waals surface area (Å²) in [5.74, 6) is 0. The summed E-state index contributed by atoms with van der Waals surface area (Å²) in [6, 6.07) is 0. The molecule has 1 aliphatic rings. The molecule has 1 unspecified atom stereocenters. The van der Waals surface area contributed by atoms with Crippen LogP contribution in [0.15, 0.2) is 0 Å². The van der Waals surface area contributed by atoms with E-state index in [2.05, 4.69) is 4.74 Å². The van der Waals surface area contributed by atoms with Gasteiger partial charge in [0, 0.05) is 0 Å². The van der Waals surface area contributed by atoms with Gasteiger partial charge in [-0.1, -0.05) is 0 Å². The van der Waals surface area contributed by atoms with E-state index in [1.165, 1.54) is 0 Å². The molecule has 0 radical (unpaired) electrons. The number of hydrogen-bond donors (Lipinski definition) is 1. The van der Waals surface area contributed by atoms with Crippen molar-refractivity contribution in [2.24, 2.45) is 0 Å². The van der Waals surface area contributed by atoms with Gasteiger partial charge in [-0.3, -0.25) is 5.06 Å². The highest BCUT2D eigenvalue weighted by Crippen LogP contribution is 1.75. The molecule has 40 valence electrons. The Kier molecular flexibility index (Phi) is 0.958. The monoisotopic (exact) mass is 103 g/mol. The van der Waals surface area contributed by atoms with Gasteiger partial charge in [0.05, 0.1) is 0 Å². The van der Waals surface area contributed by atoms with Crippen LogP contribution in [0.25, 0.3) is 0 Å². The van der Waals surface area contributed by atoms with E-state index in [-0.39, 0.29) is 13.2 Å². The smallest absolute Gasteiger partial charge is 0.514 e. The van der Waals surface area contributed by atoms with E-state index in [9.17, 15) is 10.0 Å². The average Bonchev–Trinajstić information content (AvgIpc) is 1.91. The Hall–Kier alpha value is -0.610. The van der Waals surface area contributed by atoms with Gasteiger partial charge in [-0.05, 0) is 0 Å². The molecular formula is C3H5NO3. The number of amides is 1. The summed E-state index contributed by atoms with van der Waals surface area (Å²) in [6.07, 6.45) is -0.681. The number of carbonyl (C=O) groups excluding carboxylic acids is 1. The highest BCUT2D eigenvalue weighted by atomic mass is 16.6. The van der Waals surface area contributed by atoms with Crippen LogP contribution in [-0.2, 0) is 4.74 Å². The number of nitrogens with one attached hydrogen (secondary N) is 1. The Morgan fingerprint density at radius 2 is 2.57 bits per heavy atom. The predicted molar refractivity (Wildman–Crippen MR) is 20.5 cm³/mol. The highest BCUT2D eigenvalue weighted by Gasteiger charge is 2.19. The summed E-state index contributed by atoms with van der Waals surface area (Å²) < 4.78 is 4.28. The van der Waals surface area contributed by atoms with Crippen molar-refractivity contribution in [2.75, 3.05) is 13.2 Å². The van der Waals surface area contributed by atoms with Crippen LogP contribution >= 0.6 is 0 Å². The van der Waals surface area contributed by atoms with Crippen molar-refractivity contribution >= 4 is 6.09 Å². The van der Waals surface area contributed by atoms with Crippen LogP contribution in [0, 0.1) is 5.21 Å². The van der Waals surface area contributed by atoms with Gasteiger partial charge in [-0.15, -0.1) is 0 Å². The minimum Gasteiger partial charge on any atom is -0.624 e. The molecule has 1 heterocycles. The maximum absolute atomic E-state index is 10.1. The Balaban J connectivity index is 2.48. The lowest BCUT2D eigenvalue weighted by atomic mass is 10.7. The van der Waals surface area contributed by atoms with Crippen LogP contribution in [0.3, 0.4) is 0 Å². The van der Waals surface area contributed by atoms with E-state index in [1.54, 1.807) is 0 Å². The van der Waals surface area contributed by atoms with Crippen LogP contribution in [-0.4, -0.2) is 19.2 Å². The van der Waals surface area contributed by atoms with E-state index in [0.717, 1.165) is 0 Å². The van der Waals surface area contributed by atoms with Crippen LogP contribution < -0.4 is 5.06 Å². The lowest BCUT2D eigenvalue weighted by Gasteiger charge is -2.04. The summed E-state index contributed by atoms with van der Waals surface area (Å²) in [7, 11) is 0. The standard InChI is InChI=1S/C3H5NO3/c5-3-4(6)1-2-7-3/h4H,1-2H2. The fourth-order valence-corrected chi connectivity index (χ4v) is 0.419. The first-order chi connectivity index (χ1) is 3.30. The highest BCUT2D eigenvalue weighted by molar-refractivity contribution is 5.58. The molecule has 4 nitrogen and oxygen atoms in total. The van der Waals surface area contributed by atoms with Gasteiger partial charge >= 0.3 is 6.09 Å². The molecule has 1 fully saturated rings. The second-order valence-corrected chi connectivity index (χ2v) is 1.31. The molecule has 0 aliphatic carbocycles. The number of rotatable bonds is 0. The van der Waals surface area contributed by atoms with E-state index in [1.807, 2.05) is 0 Å². The molecule has 0 saturated carbocycles. The molecular weight excluding hydrogens is 98.0 g/mol. The first-order valence-electron chi connectivity index (χ1n) is 2.00. The molecule has 1 aliphatic heterocycles. The van der Waals surface area contributed by atoms with Crippen LogP contribution in [0.5, 0.6) is 0 Å². The topological polar surface area (TPSA) is 53.8 Å². The van der Waals surface area contributed by atoms with Gasteiger partial charge in [0.1, 0.15) is 13.2 Å². The van der Waals surface area contributed by atoms with Crippen molar-refractivity contribution in [3.8, 4) is 0 Å². The number of quaternary nitrogens is 1. The minimum absolute atomic E-state index is 0.263. The van der Waals surface area contributed by atoms with Crippen molar-refractivity contribution < 1.29 is 14.6 Å². The molecule has 4 heteroatoms. The molecule has 7 heavy (non-hydrogen) atoms. The number of cyclic esters (lactones) is 1.